The molecule has 0 aliphatic heterocycles. The molecule has 0 amide bonds. The van der Waals surface area contributed by atoms with E-state index in [1.54, 1.807) is 0 Å². The molecule has 0 saturated heterocycles. The minimum atomic E-state index is 0.503. The third-order valence-corrected chi connectivity index (χ3v) is 1.51. The number of aromatic amines is 1. The van der Waals surface area contributed by atoms with Crippen LogP contribution >= 0.6 is 0 Å². The highest BCUT2D eigenvalue weighted by Gasteiger charge is 1.97. The first-order valence-electron chi connectivity index (χ1n) is 3.59. The summed E-state index contributed by atoms with van der Waals surface area (Å²) in [6, 6.07) is 2.43. The van der Waals surface area contributed by atoms with E-state index in [2.05, 4.69) is 29.4 Å². The SMILES string of the molecule is CCC(C)Nc1cc[nH]n1. The molecule has 3 nitrogen and oxygen atoms in total. The predicted molar refractivity (Wildman–Crippen MR) is 42.0 cm³/mol. The Morgan fingerprint density at radius 1 is 1.80 bits per heavy atom. The Morgan fingerprint density at radius 3 is 3.10 bits per heavy atom. The van der Waals surface area contributed by atoms with E-state index in [1.807, 2.05) is 12.3 Å². The topological polar surface area (TPSA) is 40.7 Å². The summed E-state index contributed by atoms with van der Waals surface area (Å²) >= 11 is 0. The van der Waals surface area contributed by atoms with Crippen molar-refractivity contribution in [3.05, 3.63) is 12.3 Å². The Labute approximate surface area is 60.8 Å². The van der Waals surface area contributed by atoms with Gasteiger partial charge in [0.05, 0.1) is 0 Å². The fourth-order valence-corrected chi connectivity index (χ4v) is 0.695. The average molecular weight is 139 g/mol. The molecule has 0 radical (unpaired) electrons. The van der Waals surface area contributed by atoms with Gasteiger partial charge in [-0.3, -0.25) is 5.10 Å². The lowest BCUT2D eigenvalue weighted by Gasteiger charge is -2.08. The van der Waals surface area contributed by atoms with Gasteiger partial charge in [-0.1, -0.05) is 6.92 Å². The van der Waals surface area contributed by atoms with E-state index < -0.39 is 0 Å². The summed E-state index contributed by atoms with van der Waals surface area (Å²) in [5.41, 5.74) is 0. The molecule has 0 aromatic carbocycles. The zero-order valence-corrected chi connectivity index (χ0v) is 6.39. The molecule has 2 N–H and O–H groups in total. The summed E-state index contributed by atoms with van der Waals surface area (Å²) in [4.78, 5) is 0. The van der Waals surface area contributed by atoms with Gasteiger partial charge >= 0.3 is 0 Å². The second-order valence-electron chi connectivity index (χ2n) is 2.41. The second kappa shape index (κ2) is 3.25. The van der Waals surface area contributed by atoms with Crippen molar-refractivity contribution in [2.45, 2.75) is 26.3 Å². The van der Waals surface area contributed by atoms with Crippen LogP contribution in [0.4, 0.5) is 5.82 Å². The van der Waals surface area contributed by atoms with E-state index in [-0.39, 0.29) is 0 Å². The molecule has 3 heteroatoms. The van der Waals surface area contributed by atoms with Crippen molar-refractivity contribution in [1.82, 2.24) is 10.2 Å². The van der Waals surface area contributed by atoms with Gasteiger partial charge in [0.15, 0.2) is 0 Å². The first-order chi connectivity index (χ1) is 4.83. The Bertz CT molecular complexity index is 169. The molecule has 0 bridgehead atoms. The summed E-state index contributed by atoms with van der Waals surface area (Å²) < 4.78 is 0. The molecule has 1 heterocycles. The molecule has 0 aliphatic carbocycles. The number of rotatable bonds is 3. The molecule has 10 heavy (non-hydrogen) atoms. The highest BCUT2D eigenvalue weighted by molar-refractivity contribution is 5.32. The van der Waals surface area contributed by atoms with Gasteiger partial charge < -0.3 is 5.32 Å². The third kappa shape index (κ3) is 1.76. The molecule has 0 aliphatic rings. The van der Waals surface area contributed by atoms with Gasteiger partial charge in [0.25, 0.3) is 0 Å². The first kappa shape index (κ1) is 7.12. The molecule has 1 atom stereocenters. The molecule has 0 saturated carbocycles. The highest BCUT2D eigenvalue weighted by atomic mass is 15.2. The Hall–Kier alpha value is -0.990. The number of hydrogen-bond acceptors (Lipinski definition) is 2. The Balaban J connectivity index is 2.40. The third-order valence-electron chi connectivity index (χ3n) is 1.51. The van der Waals surface area contributed by atoms with Gasteiger partial charge in [-0.2, -0.15) is 5.10 Å². The molecule has 1 unspecified atom stereocenters. The number of nitrogens with one attached hydrogen (secondary N) is 2. The van der Waals surface area contributed by atoms with Crippen LogP contribution in [0.15, 0.2) is 12.3 Å². The van der Waals surface area contributed by atoms with E-state index in [0.29, 0.717) is 6.04 Å². The van der Waals surface area contributed by atoms with Crippen molar-refractivity contribution >= 4 is 5.82 Å². The zero-order valence-electron chi connectivity index (χ0n) is 6.39. The molecule has 0 fully saturated rings. The van der Waals surface area contributed by atoms with Crippen LogP contribution in [0, 0.1) is 0 Å². The van der Waals surface area contributed by atoms with Crippen molar-refractivity contribution in [1.29, 1.82) is 0 Å². The summed E-state index contributed by atoms with van der Waals surface area (Å²) in [6.07, 6.45) is 2.93. The van der Waals surface area contributed by atoms with Crippen molar-refractivity contribution in [2.24, 2.45) is 0 Å². The maximum absolute atomic E-state index is 3.97. The van der Waals surface area contributed by atoms with Gasteiger partial charge in [-0.15, -0.1) is 0 Å². The van der Waals surface area contributed by atoms with Crippen LogP contribution in [0.25, 0.3) is 0 Å². The molecule has 56 valence electrons. The van der Waals surface area contributed by atoms with Gasteiger partial charge in [0, 0.05) is 12.2 Å². The quantitative estimate of drug-likeness (QED) is 0.668. The number of anilines is 1. The molecule has 1 aromatic rings. The summed E-state index contributed by atoms with van der Waals surface area (Å²) in [6.45, 7) is 4.28. The maximum Gasteiger partial charge on any atom is 0.147 e. The minimum absolute atomic E-state index is 0.503. The standard InChI is InChI=1S/C7H13N3/c1-3-6(2)9-7-4-5-8-10-7/h4-6H,3H2,1-2H3,(H2,8,9,10). The summed E-state index contributed by atoms with van der Waals surface area (Å²) in [7, 11) is 0. The van der Waals surface area contributed by atoms with Crippen LogP contribution in [0.5, 0.6) is 0 Å². The van der Waals surface area contributed by atoms with E-state index in [9.17, 15) is 0 Å². The second-order valence-corrected chi connectivity index (χ2v) is 2.41. The summed E-state index contributed by atoms with van der Waals surface area (Å²) in [5.74, 6) is 0.925. The molecular weight excluding hydrogens is 126 g/mol. The van der Waals surface area contributed by atoms with Gasteiger partial charge in [-0.05, 0) is 19.4 Å². The van der Waals surface area contributed by atoms with Crippen molar-refractivity contribution in [3.8, 4) is 0 Å². The van der Waals surface area contributed by atoms with E-state index >= 15 is 0 Å². The van der Waals surface area contributed by atoms with Gasteiger partial charge in [-0.25, -0.2) is 0 Å². The van der Waals surface area contributed by atoms with Gasteiger partial charge in [0.1, 0.15) is 5.82 Å². The van der Waals surface area contributed by atoms with E-state index in [1.165, 1.54) is 0 Å². The minimum Gasteiger partial charge on any atom is -0.366 e. The molecule has 0 spiro atoms. The first-order valence-corrected chi connectivity index (χ1v) is 3.59. The lowest BCUT2D eigenvalue weighted by molar-refractivity contribution is 0.758. The number of nitrogens with zero attached hydrogens (tertiary/aromatic N) is 1. The lowest BCUT2D eigenvalue weighted by Crippen LogP contribution is -2.13. The zero-order chi connectivity index (χ0) is 7.40. The molecule has 1 aromatic heterocycles. The predicted octanol–water partition coefficient (Wildman–Crippen LogP) is 1.62. The van der Waals surface area contributed by atoms with Crippen molar-refractivity contribution in [2.75, 3.05) is 5.32 Å². The van der Waals surface area contributed by atoms with Crippen LogP contribution in [0.1, 0.15) is 20.3 Å². The fraction of sp³-hybridized carbons (Fsp3) is 0.571. The highest BCUT2D eigenvalue weighted by Crippen LogP contribution is 2.02. The van der Waals surface area contributed by atoms with Crippen LogP contribution in [0.2, 0.25) is 0 Å². The normalized spacial score (nSPS) is 13.0. The Morgan fingerprint density at radius 2 is 2.60 bits per heavy atom. The monoisotopic (exact) mass is 139 g/mol. The van der Waals surface area contributed by atoms with E-state index in [4.69, 9.17) is 0 Å². The largest absolute Gasteiger partial charge is 0.366 e. The Kier molecular flexibility index (Phi) is 2.31. The molecular formula is C7H13N3. The average Bonchev–Trinajstić information content (AvgIpc) is 2.40. The number of H-pyrrole nitrogens is 1. The number of hydrogen-bond donors (Lipinski definition) is 2. The smallest absolute Gasteiger partial charge is 0.147 e. The van der Waals surface area contributed by atoms with Crippen LogP contribution in [-0.4, -0.2) is 16.2 Å². The molecule has 1 rings (SSSR count). The lowest BCUT2D eigenvalue weighted by atomic mass is 10.3. The van der Waals surface area contributed by atoms with Crippen molar-refractivity contribution < 1.29 is 0 Å². The van der Waals surface area contributed by atoms with Crippen molar-refractivity contribution in [3.63, 3.8) is 0 Å². The fourth-order valence-electron chi connectivity index (χ4n) is 0.695. The maximum atomic E-state index is 3.97. The van der Waals surface area contributed by atoms with Crippen LogP contribution in [-0.2, 0) is 0 Å². The van der Waals surface area contributed by atoms with Crippen LogP contribution < -0.4 is 5.32 Å². The van der Waals surface area contributed by atoms with E-state index in [0.717, 1.165) is 12.2 Å². The van der Waals surface area contributed by atoms with Crippen LogP contribution in [0.3, 0.4) is 0 Å². The number of aromatic nitrogens is 2. The summed E-state index contributed by atoms with van der Waals surface area (Å²) in [5, 5.41) is 9.94. The van der Waals surface area contributed by atoms with Gasteiger partial charge in [0.2, 0.25) is 0 Å².